The van der Waals surface area contributed by atoms with E-state index in [-0.39, 0.29) is 11.4 Å². The summed E-state index contributed by atoms with van der Waals surface area (Å²) in [6.07, 6.45) is -0.795. The van der Waals surface area contributed by atoms with Gasteiger partial charge in [-0.1, -0.05) is 24.3 Å². The van der Waals surface area contributed by atoms with E-state index >= 15 is 0 Å². The molecule has 0 unspecified atom stereocenters. The van der Waals surface area contributed by atoms with Crippen LogP contribution in [0.4, 0.5) is 18.9 Å². The van der Waals surface area contributed by atoms with E-state index in [1.54, 1.807) is 31.4 Å². The van der Waals surface area contributed by atoms with Crippen molar-refractivity contribution in [3.05, 3.63) is 88.2 Å². The van der Waals surface area contributed by atoms with Gasteiger partial charge in [0, 0.05) is 36.0 Å². The predicted octanol–water partition coefficient (Wildman–Crippen LogP) is 5.57. The molecule has 184 valence electrons. The molecule has 0 amide bonds. The number of rotatable bonds is 5. The van der Waals surface area contributed by atoms with Gasteiger partial charge in [-0.3, -0.25) is 4.79 Å². The molecule has 0 N–H and O–H groups in total. The number of methoxy groups -OCH3 is 1. The number of halogens is 3. The van der Waals surface area contributed by atoms with Crippen molar-refractivity contribution in [2.75, 3.05) is 25.1 Å². The van der Waals surface area contributed by atoms with E-state index < -0.39 is 17.3 Å². The van der Waals surface area contributed by atoms with E-state index in [2.05, 4.69) is 15.0 Å². The maximum Gasteiger partial charge on any atom is 0.416 e. The quantitative estimate of drug-likeness (QED) is 0.342. The Bertz CT molecular complexity index is 1510. The number of ether oxygens (including phenoxy) is 1. The van der Waals surface area contributed by atoms with Gasteiger partial charge in [-0.15, -0.1) is 0 Å². The van der Waals surface area contributed by atoms with Crippen molar-refractivity contribution in [3.63, 3.8) is 0 Å². The lowest BCUT2D eigenvalue weighted by atomic mass is 10.1. The van der Waals surface area contributed by atoms with Crippen molar-refractivity contribution < 1.29 is 17.9 Å². The summed E-state index contributed by atoms with van der Waals surface area (Å²) in [6.45, 7) is 1.96. The molecule has 0 radical (unpaired) electrons. The molecule has 6 nitrogen and oxygen atoms in total. The highest BCUT2D eigenvalue weighted by Gasteiger charge is 2.31. The Morgan fingerprint density at radius 2 is 1.78 bits per heavy atom. The van der Waals surface area contributed by atoms with Gasteiger partial charge in [0.25, 0.3) is 5.56 Å². The fraction of sp³-hybridized carbons (Fsp3) is 0.222. The van der Waals surface area contributed by atoms with Gasteiger partial charge < -0.3 is 9.64 Å². The zero-order valence-corrected chi connectivity index (χ0v) is 19.5. The van der Waals surface area contributed by atoms with Crippen LogP contribution in [-0.2, 0) is 6.18 Å². The van der Waals surface area contributed by atoms with Crippen LogP contribution < -0.4 is 15.2 Å². The first kappa shape index (κ1) is 23.6. The molecule has 0 aliphatic carbocycles. The second-order valence-corrected chi connectivity index (χ2v) is 8.51. The molecule has 3 aromatic carbocycles. The third-order valence-corrected chi connectivity index (χ3v) is 6.20. The third kappa shape index (κ3) is 4.56. The van der Waals surface area contributed by atoms with Gasteiger partial charge >= 0.3 is 6.18 Å². The van der Waals surface area contributed by atoms with Crippen molar-refractivity contribution >= 4 is 22.8 Å². The number of hydrogen-bond acceptors (Lipinski definition) is 5. The van der Waals surface area contributed by atoms with Gasteiger partial charge in [-0.2, -0.15) is 22.9 Å². The van der Waals surface area contributed by atoms with Gasteiger partial charge in [-0.05, 0) is 49.2 Å². The molecule has 4 aromatic rings. The molecule has 1 saturated heterocycles. The van der Waals surface area contributed by atoms with Gasteiger partial charge in [-0.25, -0.2) is 4.98 Å². The largest absolute Gasteiger partial charge is 0.496 e. The van der Waals surface area contributed by atoms with Crippen LogP contribution in [-0.4, -0.2) is 36.1 Å². The number of aromatic nitrogens is 2. The Morgan fingerprint density at radius 1 is 1.00 bits per heavy atom. The van der Waals surface area contributed by atoms with Crippen LogP contribution in [0.1, 0.15) is 24.0 Å². The number of benzene rings is 3. The van der Waals surface area contributed by atoms with Crippen molar-refractivity contribution in [1.29, 1.82) is 0 Å². The minimum atomic E-state index is -4.54. The lowest BCUT2D eigenvalue weighted by Crippen LogP contribution is -2.20. The van der Waals surface area contributed by atoms with Crippen molar-refractivity contribution in [2.45, 2.75) is 19.0 Å². The Morgan fingerprint density at radius 3 is 2.53 bits per heavy atom. The summed E-state index contributed by atoms with van der Waals surface area (Å²) in [5.74, 6) is 0.583. The lowest BCUT2D eigenvalue weighted by molar-refractivity contribution is -0.137. The Balaban J connectivity index is 1.63. The number of hydrogen-bond donors (Lipinski definition) is 0. The number of para-hydroxylation sites is 1. The highest BCUT2D eigenvalue weighted by atomic mass is 19.4. The van der Waals surface area contributed by atoms with E-state index in [1.165, 1.54) is 18.3 Å². The van der Waals surface area contributed by atoms with Crippen LogP contribution in [0.2, 0.25) is 0 Å². The van der Waals surface area contributed by atoms with Crippen LogP contribution in [0.5, 0.6) is 5.75 Å². The molecule has 1 fully saturated rings. The molecule has 0 bridgehead atoms. The van der Waals surface area contributed by atoms with Crippen molar-refractivity contribution in [2.24, 2.45) is 5.10 Å². The second-order valence-electron chi connectivity index (χ2n) is 8.51. The average Bonchev–Trinajstić information content (AvgIpc) is 3.43. The summed E-state index contributed by atoms with van der Waals surface area (Å²) in [6, 6.07) is 17.1. The van der Waals surface area contributed by atoms with Crippen LogP contribution in [0, 0.1) is 0 Å². The topological polar surface area (TPSA) is 59.7 Å². The maximum atomic E-state index is 13.4. The minimum Gasteiger partial charge on any atom is -0.496 e. The Hall–Kier alpha value is -4.14. The third-order valence-electron chi connectivity index (χ3n) is 6.20. The number of alkyl halides is 3. The Labute approximate surface area is 205 Å². The molecule has 0 saturated carbocycles. The van der Waals surface area contributed by atoms with Crippen LogP contribution in [0.25, 0.3) is 22.3 Å². The van der Waals surface area contributed by atoms with Gasteiger partial charge in [0.1, 0.15) is 5.75 Å². The fourth-order valence-electron chi connectivity index (χ4n) is 4.35. The average molecular weight is 493 g/mol. The number of fused-ring (bicyclic) bond motifs is 1. The maximum absolute atomic E-state index is 13.4. The van der Waals surface area contributed by atoms with E-state index in [0.717, 1.165) is 48.4 Å². The first-order valence-electron chi connectivity index (χ1n) is 11.5. The molecule has 5 rings (SSSR count). The van der Waals surface area contributed by atoms with Gasteiger partial charge in [0.05, 0.1) is 29.8 Å². The molecule has 2 heterocycles. The second kappa shape index (κ2) is 9.49. The summed E-state index contributed by atoms with van der Waals surface area (Å²) in [5, 5.41) is 4.68. The summed E-state index contributed by atoms with van der Waals surface area (Å²) >= 11 is 0. The first-order chi connectivity index (χ1) is 17.3. The molecule has 36 heavy (non-hydrogen) atoms. The molecule has 1 aromatic heterocycles. The van der Waals surface area contributed by atoms with Crippen LogP contribution in [0.3, 0.4) is 0 Å². The normalized spacial score (nSPS) is 14.2. The van der Waals surface area contributed by atoms with Gasteiger partial charge in [0.15, 0.2) is 5.82 Å². The summed E-state index contributed by atoms with van der Waals surface area (Å²) in [7, 11) is 1.55. The smallest absolute Gasteiger partial charge is 0.416 e. The van der Waals surface area contributed by atoms with E-state index in [4.69, 9.17) is 4.74 Å². The molecule has 0 spiro atoms. The highest BCUT2D eigenvalue weighted by Crippen LogP contribution is 2.32. The molecular weight excluding hydrogens is 469 g/mol. The van der Waals surface area contributed by atoms with Crippen molar-refractivity contribution in [1.82, 2.24) is 9.66 Å². The fourth-order valence-corrected chi connectivity index (χ4v) is 4.35. The van der Waals surface area contributed by atoms with E-state index in [9.17, 15) is 18.0 Å². The van der Waals surface area contributed by atoms with Crippen LogP contribution in [0.15, 0.2) is 76.6 Å². The number of nitrogens with zero attached hydrogens (tertiary/aromatic N) is 4. The van der Waals surface area contributed by atoms with E-state index in [1.807, 2.05) is 18.2 Å². The minimum absolute atomic E-state index is 0.00806. The first-order valence-corrected chi connectivity index (χ1v) is 11.5. The molecule has 1 aliphatic rings. The standard InChI is InChI=1S/C27H23F3N4O2/c1-36-24-16-21(33-13-4-5-14-33)12-11-19(24)17-31-34-25(18-7-6-8-20(15-18)27(28,29)30)32-23-10-3-2-9-22(23)26(34)35/h2-3,6-12,15-17H,4-5,13-14H2,1H3. The monoisotopic (exact) mass is 492 g/mol. The molecular formula is C27H23F3N4O2. The van der Waals surface area contributed by atoms with Crippen LogP contribution >= 0.6 is 0 Å². The summed E-state index contributed by atoms with van der Waals surface area (Å²) < 4.78 is 46.7. The summed E-state index contributed by atoms with van der Waals surface area (Å²) in [5.41, 5.74) is 0.829. The predicted molar refractivity (Wildman–Crippen MR) is 134 cm³/mol. The number of anilines is 1. The summed E-state index contributed by atoms with van der Waals surface area (Å²) in [4.78, 5) is 20.1. The Kier molecular flexibility index (Phi) is 6.22. The molecule has 0 atom stereocenters. The van der Waals surface area contributed by atoms with E-state index in [0.29, 0.717) is 22.2 Å². The zero-order chi connectivity index (χ0) is 25.3. The molecule has 1 aliphatic heterocycles. The lowest BCUT2D eigenvalue weighted by Gasteiger charge is -2.19. The van der Waals surface area contributed by atoms with Gasteiger partial charge in [0.2, 0.25) is 0 Å². The highest BCUT2D eigenvalue weighted by molar-refractivity contribution is 5.85. The SMILES string of the molecule is COc1cc(N2CCCC2)ccc1C=Nn1c(-c2cccc(C(F)(F)F)c2)nc2ccccc2c1=O. The zero-order valence-electron chi connectivity index (χ0n) is 19.5. The van der Waals surface area contributed by atoms with Crippen molar-refractivity contribution in [3.8, 4) is 17.1 Å². The molecule has 9 heteroatoms.